The highest BCUT2D eigenvalue weighted by Gasteiger charge is 2.19. The van der Waals surface area contributed by atoms with Gasteiger partial charge in [-0.25, -0.2) is 9.97 Å². The molecule has 8 aromatic carbocycles. The van der Waals surface area contributed by atoms with Gasteiger partial charge >= 0.3 is 0 Å². The van der Waals surface area contributed by atoms with Crippen LogP contribution < -0.4 is 0 Å². The second kappa shape index (κ2) is 14.8. The zero-order valence-electron chi connectivity index (χ0n) is 31.8. The SMILES string of the molecule is CCCCc1ccc2nc(-c3ccc(-c4c5ccccc5c(-c5ccc(-c6nc7ccc(CCCC)cc7s6)cc5)c5cc6ccccc6cc45)cc3)sc2c1. The van der Waals surface area contributed by atoms with Gasteiger partial charge in [-0.05, 0) is 128 Å². The van der Waals surface area contributed by atoms with Gasteiger partial charge in [-0.15, -0.1) is 22.7 Å². The molecule has 0 aliphatic heterocycles. The van der Waals surface area contributed by atoms with E-state index in [4.69, 9.17) is 9.97 Å². The third-order valence-electron chi connectivity index (χ3n) is 11.3. The van der Waals surface area contributed by atoms with Gasteiger partial charge < -0.3 is 0 Å². The van der Waals surface area contributed by atoms with Gasteiger partial charge in [0.25, 0.3) is 0 Å². The van der Waals surface area contributed by atoms with Gasteiger partial charge in [0.15, 0.2) is 0 Å². The van der Waals surface area contributed by atoms with Crippen LogP contribution in [0.4, 0.5) is 0 Å². The van der Waals surface area contributed by atoms with Gasteiger partial charge in [-0.2, -0.15) is 0 Å². The van der Waals surface area contributed by atoms with Crippen LogP contribution in [0.2, 0.25) is 0 Å². The summed E-state index contributed by atoms with van der Waals surface area (Å²) in [5, 5.41) is 9.67. The summed E-state index contributed by atoms with van der Waals surface area (Å²) in [6.45, 7) is 4.50. The van der Waals surface area contributed by atoms with Crippen molar-refractivity contribution in [3.63, 3.8) is 0 Å². The van der Waals surface area contributed by atoms with E-state index in [1.54, 1.807) is 22.7 Å². The molecule has 2 nitrogen and oxygen atoms in total. The van der Waals surface area contributed by atoms with Crippen LogP contribution in [0, 0.1) is 0 Å². The monoisotopic (exact) mass is 758 g/mol. The largest absolute Gasteiger partial charge is 0.236 e. The molecule has 0 amide bonds. The van der Waals surface area contributed by atoms with Crippen molar-refractivity contribution in [2.45, 2.75) is 52.4 Å². The number of thiazole rings is 2. The van der Waals surface area contributed by atoms with Crippen LogP contribution in [0.25, 0.3) is 96.1 Å². The molecule has 0 N–H and O–H groups in total. The summed E-state index contributed by atoms with van der Waals surface area (Å²) in [7, 11) is 0. The molecule has 0 saturated heterocycles. The fourth-order valence-corrected chi connectivity index (χ4v) is 10.4. The Hall–Kier alpha value is -5.68. The standard InChI is InChI=1S/C52H42N2S2/c1-3-5-11-33-17-27-45-47(29-33)55-51(53-45)37-23-19-35(20-24-37)49-41-15-9-10-16-42(41)50(44-32-40-14-8-7-13-39(40)31-43(44)49)36-21-25-38(26-22-36)52-54-46-28-18-34(12-6-4-2)30-48(46)56-52/h7-10,13-32H,3-6,11-12H2,1-2H3. The number of aryl methyl sites for hydroxylation is 2. The molecule has 2 heterocycles. The lowest BCUT2D eigenvalue weighted by atomic mass is 9.84. The number of nitrogens with zero attached hydrogens (tertiary/aromatic N) is 2. The summed E-state index contributed by atoms with van der Waals surface area (Å²) >= 11 is 3.59. The first kappa shape index (κ1) is 34.8. The molecule has 4 heteroatoms. The molecule has 0 radical (unpaired) electrons. The maximum absolute atomic E-state index is 5.05. The summed E-state index contributed by atoms with van der Waals surface area (Å²) in [5.74, 6) is 0. The Kier molecular flexibility index (Phi) is 9.17. The van der Waals surface area contributed by atoms with Crippen LogP contribution in [0.3, 0.4) is 0 Å². The van der Waals surface area contributed by atoms with E-state index in [1.165, 1.54) is 101 Å². The van der Waals surface area contributed by atoms with E-state index in [0.29, 0.717) is 0 Å². The Morgan fingerprint density at radius 1 is 0.411 bits per heavy atom. The normalized spacial score (nSPS) is 11.8. The topological polar surface area (TPSA) is 25.8 Å². The molecular formula is C52H42N2S2. The van der Waals surface area contributed by atoms with E-state index < -0.39 is 0 Å². The van der Waals surface area contributed by atoms with Crippen molar-refractivity contribution in [1.82, 2.24) is 9.97 Å². The summed E-state index contributed by atoms with van der Waals surface area (Å²) in [6, 6.07) is 54.3. The fourth-order valence-electron chi connectivity index (χ4n) is 8.30. The van der Waals surface area contributed by atoms with Gasteiger partial charge in [-0.1, -0.05) is 136 Å². The summed E-state index contributed by atoms with van der Waals surface area (Å²) < 4.78 is 2.53. The Labute approximate surface area is 336 Å². The highest BCUT2D eigenvalue weighted by molar-refractivity contribution is 7.22. The van der Waals surface area contributed by atoms with Crippen LogP contribution >= 0.6 is 22.7 Å². The van der Waals surface area contributed by atoms with Gasteiger partial charge in [0.2, 0.25) is 0 Å². The molecule has 0 spiro atoms. The van der Waals surface area contributed by atoms with E-state index in [0.717, 1.165) is 45.0 Å². The van der Waals surface area contributed by atoms with Crippen molar-refractivity contribution in [2.75, 3.05) is 0 Å². The highest BCUT2D eigenvalue weighted by Crippen LogP contribution is 2.46. The smallest absolute Gasteiger partial charge is 0.124 e. The van der Waals surface area contributed by atoms with Crippen molar-refractivity contribution in [2.24, 2.45) is 0 Å². The number of hydrogen-bond donors (Lipinski definition) is 0. The quantitative estimate of drug-likeness (QED) is 0.130. The lowest BCUT2D eigenvalue weighted by molar-refractivity contribution is 0.796. The fraction of sp³-hybridized carbons (Fsp3) is 0.154. The molecule has 0 bridgehead atoms. The molecule has 0 aliphatic carbocycles. The number of fused-ring (bicyclic) bond motifs is 5. The highest BCUT2D eigenvalue weighted by atomic mass is 32.1. The van der Waals surface area contributed by atoms with Crippen molar-refractivity contribution >= 4 is 75.4 Å². The van der Waals surface area contributed by atoms with Crippen molar-refractivity contribution < 1.29 is 0 Å². The zero-order valence-corrected chi connectivity index (χ0v) is 33.4. The second-order valence-corrected chi connectivity index (χ2v) is 17.1. The van der Waals surface area contributed by atoms with Gasteiger partial charge in [0.1, 0.15) is 10.0 Å². The minimum Gasteiger partial charge on any atom is -0.236 e. The molecule has 56 heavy (non-hydrogen) atoms. The second-order valence-electron chi connectivity index (χ2n) is 15.0. The van der Waals surface area contributed by atoms with Crippen molar-refractivity contribution in [3.05, 3.63) is 157 Å². The third kappa shape index (κ3) is 6.37. The number of unbranched alkanes of at least 4 members (excludes halogenated alkanes) is 2. The maximum atomic E-state index is 5.05. The minimum absolute atomic E-state index is 1.07. The predicted molar refractivity (Wildman–Crippen MR) is 244 cm³/mol. The minimum atomic E-state index is 1.07. The molecule has 10 aromatic rings. The summed E-state index contributed by atoms with van der Waals surface area (Å²) in [4.78, 5) is 10.1. The maximum Gasteiger partial charge on any atom is 0.124 e. The van der Waals surface area contributed by atoms with Crippen molar-refractivity contribution in [3.8, 4) is 43.4 Å². The van der Waals surface area contributed by atoms with E-state index in [2.05, 4.69) is 159 Å². The van der Waals surface area contributed by atoms with E-state index in [9.17, 15) is 0 Å². The first-order valence-electron chi connectivity index (χ1n) is 20.0. The summed E-state index contributed by atoms with van der Waals surface area (Å²) in [6.07, 6.45) is 7.10. The Bertz CT molecular complexity index is 2830. The zero-order chi connectivity index (χ0) is 37.6. The molecule has 0 fully saturated rings. The average Bonchev–Trinajstić information content (AvgIpc) is 3.88. The average molecular weight is 759 g/mol. The Morgan fingerprint density at radius 2 is 0.821 bits per heavy atom. The van der Waals surface area contributed by atoms with Gasteiger partial charge in [0, 0.05) is 11.1 Å². The number of benzene rings is 8. The van der Waals surface area contributed by atoms with Crippen LogP contribution in [0.1, 0.15) is 50.7 Å². The summed E-state index contributed by atoms with van der Waals surface area (Å²) in [5.41, 5.74) is 12.2. The number of aromatic nitrogens is 2. The number of rotatable bonds is 10. The molecule has 0 atom stereocenters. The molecule has 0 saturated carbocycles. The predicted octanol–water partition coefficient (Wildman–Crippen LogP) is 15.7. The van der Waals surface area contributed by atoms with Crippen LogP contribution in [-0.2, 0) is 12.8 Å². The number of hydrogen-bond acceptors (Lipinski definition) is 4. The lowest BCUT2D eigenvalue weighted by Crippen LogP contribution is -1.92. The van der Waals surface area contributed by atoms with Crippen molar-refractivity contribution in [1.29, 1.82) is 0 Å². The molecule has 2 aromatic heterocycles. The van der Waals surface area contributed by atoms with Crippen LogP contribution in [0.15, 0.2) is 146 Å². The van der Waals surface area contributed by atoms with E-state index >= 15 is 0 Å². The third-order valence-corrected chi connectivity index (χ3v) is 13.4. The first-order valence-corrected chi connectivity index (χ1v) is 21.6. The molecule has 0 unspecified atom stereocenters. The Balaban J connectivity index is 1.08. The van der Waals surface area contributed by atoms with Gasteiger partial charge in [0.05, 0.1) is 20.4 Å². The molecule has 0 aliphatic rings. The Morgan fingerprint density at radius 3 is 1.25 bits per heavy atom. The first-order chi connectivity index (χ1) is 27.6. The van der Waals surface area contributed by atoms with Crippen LogP contribution in [0.5, 0.6) is 0 Å². The molecular weight excluding hydrogens is 717 g/mol. The lowest BCUT2D eigenvalue weighted by Gasteiger charge is -2.19. The molecule has 272 valence electrons. The van der Waals surface area contributed by atoms with Gasteiger partial charge in [-0.3, -0.25) is 0 Å². The van der Waals surface area contributed by atoms with Crippen LogP contribution in [-0.4, -0.2) is 9.97 Å². The van der Waals surface area contributed by atoms with E-state index in [1.807, 2.05) is 0 Å². The molecule has 10 rings (SSSR count). The van der Waals surface area contributed by atoms with E-state index in [-0.39, 0.29) is 0 Å².